The molecule has 0 aromatic carbocycles. The molecule has 0 amide bonds. The molecule has 2 unspecified atom stereocenters. The van der Waals surface area contributed by atoms with Crippen molar-refractivity contribution >= 4 is 17.2 Å². The third kappa shape index (κ3) is 3.48. The predicted octanol–water partition coefficient (Wildman–Crippen LogP) is 3.28. The molecule has 2 heterocycles. The monoisotopic (exact) mass is 279 g/mol. The molecule has 0 spiro atoms. The average molecular weight is 280 g/mol. The van der Waals surface area contributed by atoms with Crippen LogP contribution < -0.4 is 5.32 Å². The summed E-state index contributed by atoms with van der Waals surface area (Å²) in [6.45, 7) is 6.53. The maximum absolute atomic E-state index is 6.19. The van der Waals surface area contributed by atoms with Crippen LogP contribution in [-0.4, -0.2) is 22.9 Å². The van der Waals surface area contributed by atoms with Crippen LogP contribution in [0.4, 0.5) is 0 Å². The number of rotatable bonds is 3. The van der Waals surface area contributed by atoms with Gasteiger partial charge in [-0.1, -0.05) is 36.8 Å². The Labute approximate surface area is 120 Å². The van der Waals surface area contributed by atoms with Crippen LogP contribution in [0.25, 0.3) is 5.57 Å². The summed E-state index contributed by atoms with van der Waals surface area (Å²) in [5, 5.41) is 8.36. The lowest BCUT2D eigenvalue weighted by Gasteiger charge is -2.25. The average Bonchev–Trinajstić information content (AvgIpc) is 2.71. The van der Waals surface area contributed by atoms with Gasteiger partial charge in [0.15, 0.2) is 0 Å². The van der Waals surface area contributed by atoms with Crippen molar-refractivity contribution in [3.63, 3.8) is 0 Å². The van der Waals surface area contributed by atoms with Crippen LogP contribution >= 0.6 is 11.6 Å². The highest BCUT2D eigenvalue weighted by molar-refractivity contribution is 6.32. The van der Waals surface area contributed by atoms with Crippen molar-refractivity contribution in [2.24, 2.45) is 18.9 Å². The van der Waals surface area contributed by atoms with Crippen molar-refractivity contribution < 1.29 is 0 Å². The Bertz CT molecular complexity index is 468. The van der Waals surface area contributed by atoms with Gasteiger partial charge in [0.05, 0.1) is 16.9 Å². The van der Waals surface area contributed by atoms with E-state index in [4.69, 9.17) is 11.6 Å². The van der Waals surface area contributed by atoms with Crippen LogP contribution in [-0.2, 0) is 7.05 Å². The highest BCUT2D eigenvalue weighted by Crippen LogP contribution is 2.25. The van der Waals surface area contributed by atoms with Crippen molar-refractivity contribution in [2.75, 3.05) is 13.1 Å². The fourth-order valence-electron chi connectivity index (χ4n) is 2.63. The Morgan fingerprint density at radius 2 is 2.32 bits per heavy atom. The summed E-state index contributed by atoms with van der Waals surface area (Å²) in [7, 11) is 1.92. The fraction of sp³-hybridized carbons (Fsp3) is 0.533. The Kier molecular flexibility index (Phi) is 4.83. The topological polar surface area (TPSA) is 29.9 Å². The first kappa shape index (κ1) is 14.4. The van der Waals surface area contributed by atoms with Gasteiger partial charge in [0.1, 0.15) is 0 Å². The van der Waals surface area contributed by atoms with E-state index < -0.39 is 0 Å². The number of aryl methyl sites for hydroxylation is 1. The lowest BCUT2D eigenvalue weighted by atomic mass is 9.91. The minimum Gasteiger partial charge on any atom is -0.316 e. The summed E-state index contributed by atoms with van der Waals surface area (Å²) in [5.41, 5.74) is 2.11. The van der Waals surface area contributed by atoms with E-state index in [0.29, 0.717) is 10.9 Å². The van der Waals surface area contributed by atoms with Crippen molar-refractivity contribution in [3.8, 4) is 0 Å². The van der Waals surface area contributed by atoms with E-state index in [1.807, 2.05) is 18.7 Å². The molecule has 0 bridgehead atoms. The molecule has 1 aliphatic heterocycles. The lowest BCUT2D eigenvalue weighted by Crippen LogP contribution is -2.34. The van der Waals surface area contributed by atoms with Crippen molar-refractivity contribution in [3.05, 3.63) is 35.1 Å². The third-order valence-electron chi connectivity index (χ3n) is 3.63. The van der Waals surface area contributed by atoms with E-state index in [2.05, 4.69) is 35.6 Å². The smallest absolute Gasteiger partial charge is 0.0865 e. The van der Waals surface area contributed by atoms with Crippen LogP contribution in [0.3, 0.4) is 0 Å². The number of piperidine rings is 1. The van der Waals surface area contributed by atoms with Crippen molar-refractivity contribution in [1.82, 2.24) is 15.1 Å². The highest BCUT2D eigenvalue weighted by Gasteiger charge is 2.16. The summed E-state index contributed by atoms with van der Waals surface area (Å²) in [6, 6.07) is 0. The predicted molar refractivity (Wildman–Crippen MR) is 81.1 cm³/mol. The molecular formula is C15H22ClN3. The summed E-state index contributed by atoms with van der Waals surface area (Å²) in [6.07, 6.45) is 9.49. The Morgan fingerprint density at radius 1 is 1.53 bits per heavy atom. The van der Waals surface area contributed by atoms with Crippen LogP contribution in [0.5, 0.6) is 0 Å². The molecule has 104 valence electrons. The molecule has 1 aromatic heterocycles. The van der Waals surface area contributed by atoms with Crippen molar-refractivity contribution in [1.29, 1.82) is 0 Å². The number of nitrogens with one attached hydrogen (secondary N) is 1. The van der Waals surface area contributed by atoms with Gasteiger partial charge in [-0.15, -0.1) is 0 Å². The largest absolute Gasteiger partial charge is 0.316 e. The molecule has 1 aliphatic rings. The SMILES string of the molecule is C/C=C(\C=C\C1CNCC(C)C1)c1c(Cl)cnn1C. The first-order chi connectivity index (χ1) is 9.11. The number of hydrogen-bond acceptors (Lipinski definition) is 2. The standard InChI is InChI=1S/C15H22ClN3/c1-4-13(15-14(16)10-18-19(15)3)6-5-12-7-11(2)8-17-9-12/h4-6,10-12,17H,7-9H2,1-3H3/b6-5+,13-4+. The lowest BCUT2D eigenvalue weighted by molar-refractivity contribution is 0.345. The highest BCUT2D eigenvalue weighted by atomic mass is 35.5. The zero-order chi connectivity index (χ0) is 13.8. The summed E-state index contributed by atoms with van der Waals surface area (Å²) >= 11 is 6.19. The van der Waals surface area contributed by atoms with Gasteiger partial charge in [-0.3, -0.25) is 4.68 Å². The van der Waals surface area contributed by atoms with E-state index in [0.717, 1.165) is 30.3 Å². The van der Waals surface area contributed by atoms with E-state index in [-0.39, 0.29) is 0 Å². The van der Waals surface area contributed by atoms with E-state index in [1.165, 1.54) is 6.42 Å². The molecule has 1 saturated heterocycles. The quantitative estimate of drug-likeness (QED) is 0.861. The number of hydrogen-bond donors (Lipinski definition) is 1. The minimum absolute atomic E-state index is 0.603. The Hall–Kier alpha value is -1.06. The first-order valence-corrected chi connectivity index (χ1v) is 7.22. The van der Waals surface area contributed by atoms with Gasteiger partial charge in [-0.25, -0.2) is 0 Å². The van der Waals surface area contributed by atoms with Gasteiger partial charge in [-0.05, 0) is 37.3 Å². The Balaban J connectivity index is 2.12. The molecule has 0 radical (unpaired) electrons. The van der Waals surface area contributed by atoms with Crippen LogP contribution in [0.2, 0.25) is 5.02 Å². The second-order valence-electron chi connectivity index (χ2n) is 5.33. The Morgan fingerprint density at radius 3 is 2.89 bits per heavy atom. The summed E-state index contributed by atoms with van der Waals surface area (Å²) in [4.78, 5) is 0. The first-order valence-electron chi connectivity index (χ1n) is 6.85. The van der Waals surface area contributed by atoms with Gasteiger partial charge in [0.25, 0.3) is 0 Å². The maximum Gasteiger partial charge on any atom is 0.0865 e. The summed E-state index contributed by atoms with van der Waals surface area (Å²) in [5.74, 6) is 1.35. The molecule has 19 heavy (non-hydrogen) atoms. The molecule has 2 atom stereocenters. The minimum atomic E-state index is 0.603. The zero-order valence-corrected chi connectivity index (χ0v) is 12.6. The second-order valence-corrected chi connectivity index (χ2v) is 5.73. The fourth-order valence-corrected chi connectivity index (χ4v) is 2.91. The molecule has 4 heteroatoms. The number of aromatic nitrogens is 2. The number of nitrogens with zero attached hydrogens (tertiary/aromatic N) is 2. The van der Waals surface area contributed by atoms with Gasteiger partial charge >= 0.3 is 0 Å². The molecular weight excluding hydrogens is 258 g/mol. The molecule has 1 aromatic rings. The van der Waals surface area contributed by atoms with Crippen LogP contribution in [0, 0.1) is 11.8 Å². The molecule has 1 N–H and O–H groups in total. The van der Waals surface area contributed by atoms with E-state index in [1.54, 1.807) is 6.20 Å². The summed E-state index contributed by atoms with van der Waals surface area (Å²) < 4.78 is 1.82. The van der Waals surface area contributed by atoms with Crippen LogP contribution in [0.15, 0.2) is 24.4 Å². The second kappa shape index (κ2) is 6.40. The number of halogens is 1. The van der Waals surface area contributed by atoms with Gasteiger partial charge in [-0.2, -0.15) is 5.10 Å². The molecule has 1 fully saturated rings. The molecule has 0 aliphatic carbocycles. The van der Waals surface area contributed by atoms with Crippen LogP contribution in [0.1, 0.15) is 26.0 Å². The van der Waals surface area contributed by atoms with Gasteiger partial charge < -0.3 is 5.32 Å². The van der Waals surface area contributed by atoms with Gasteiger partial charge in [0, 0.05) is 13.6 Å². The normalized spacial score (nSPS) is 25.2. The molecule has 3 nitrogen and oxygen atoms in total. The van der Waals surface area contributed by atoms with E-state index >= 15 is 0 Å². The molecule has 0 saturated carbocycles. The molecule has 2 rings (SSSR count). The zero-order valence-electron chi connectivity index (χ0n) is 11.9. The van der Waals surface area contributed by atoms with Gasteiger partial charge in [0.2, 0.25) is 0 Å². The maximum atomic E-state index is 6.19. The van der Waals surface area contributed by atoms with Crippen molar-refractivity contribution in [2.45, 2.75) is 20.3 Å². The third-order valence-corrected chi connectivity index (χ3v) is 3.91. The van der Waals surface area contributed by atoms with E-state index in [9.17, 15) is 0 Å². The number of allylic oxidation sites excluding steroid dienone is 3.